The van der Waals surface area contributed by atoms with Gasteiger partial charge in [-0.05, 0) is 17.9 Å². The minimum absolute atomic E-state index is 0.0375. The molecule has 1 heterocycles. The number of amides is 1. The molecule has 0 aliphatic carbocycles. The molecule has 0 saturated heterocycles. The molecule has 5 nitrogen and oxygen atoms in total. The molecule has 1 aromatic heterocycles. The molecular weight excluding hydrogens is 226 g/mol. The molecule has 0 radical (unpaired) electrons. The van der Waals surface area contributed by atoms with Gasteiger partial charge in [-0.25, -0.2) is 0 Å². The van der Waals surface area contributed by atoms with E-state index in [0.717, 1.165) is 5.56 Å². The summed E-state index contributed by atoms with van der Waals surface area (Å²) in [6.07, 6.45) is 0.363. The number of aryl methyl sites for hydroxylation is 1. The van der Waals surface area contributed by atoms with E-state index in [0.29, 0.717) is 18.5 Å². The van der Waals surface area contributed by atoms with E-state index in [1.54, 1.807) is 11.9 Å². The van der Waals surface area contributed by atoms with E-state index in [4.69, 9.17) is 10.9 Å². The van der Waals surface area contributed by atoms with Crippen molar-refractivity contribution < 1.29 is 10.0 Å². The zero-order chi connectivity index (χ0) is 12.1. The number of amidine groups is 1. The Morgan fingerprint density at radius 3 is 2.81 bits per heavy atom. The summed E-state index contributed by atoms with van der Waals surface area (Å²) in [6.45, 7) is 2.34. The highest BCUT2D eigenvalue weighted by Crippen LogP contribution is 2.15. The number of thiophene rings is 1. The van der Waals surface area contributed by atoms with Crippen molar-refractivity contribution >= 4 is 23.1 Å². The summed E-state index contributed by atoms with van der Waals surface area (Å²) in [5, 5.41) is 15.0. The van der Waals surface area contributed by atoms with E-state index in [-0.39, 0.29) is 11.7 Å². The highest BCUT2D eigenvalue weighted by atomic mass is 32.1. The molecular formula is C10H15N3O2S. The highest BCUT2D eigenvalue weighted by Gasteiger charge is 2.14. The number of oxime groups is 1. The van der Waals surface area contributed by atoms with Crippen LogP contribution in [0.1, 0.15) is 22.3 Å². The number of rotatable bonds is 4. The predicted octanol–water partition coefficient (Wildman–Crippen LogP) is 1.27. The van der Waals surface area contributed by atoms with Crippen LogP contribution in [0.15, 0.2) is 15.9 Å². The Bertz CT molecular complexity index is 401. The Morgan fingerprint density at radius 2 is 2.31 bits per heavy atom. The molecule has 88 valence electrons. The van der Waals surface area contributed by atoms with Crippen LogP contribution in [0.2, 0.25) is 0 Å². The van der Waals surface area contributed by atoms with Crippen LogP contribution in [0.4, 0.5) is 0 Å². The first-order chi connectivity index (χ1) is 7.56. The Labute approximate surface area is 98.2 Å². The molecule has 6 heteroatoms. The first-order valence-corrected chi connectivity index (χ1v) is 5.75. The molecule has 16 heavy (non-hydrogen) atoms. The van der Waals surface area contributed by atoms with Gasteiger partial charge in [0.2, 0.25) is 0 Å². The first kappa shape index (κ1) is 12.5. The van der Waals surface area contributed by atoms with Crippen molar-refractivity contribution in [3.05, 3.63) is 21.9 Å². The summed E-state index contributed by atoms with van der Waals surface area (Å²) in [4.78, 5) is 13.5. The van der Waals surface area contributed by atoms with Crippen molar-refractivity contribution in [1.82, 2.24) is 4.90 Å². The normalized spacial score (nSPS) is 11.5. The van der Waals surface area contributed by atoms with Crippen molar-refractivity contribution in [3.8, 4) is 0 Å². The van der Waals surface area contributed by atoms with Gasteiger partial charge >= 0.3 is 0 Å². The molecule has 0 aliphatic rings. The van der Waals surface area contributed by atoms with Gasteiger partial charge in [-0.3, -0.25) is 4.79 Å². The molecule has 0 fully saturated rings. The third kappa shape index (κ3) is 2.96. The second-order valence-corrected chi connectivity index (χ2v) is 4.28. The summed E-state index contributed by atoms with van der Waals surface area (Å²) in [7, 11) is 1.70. The van der Waals surface area contributed by atoms with Crippen LogP contribution < -0.4 is 5.73 Å². The second-order valence-electron chi connectivity index (χ2n) is 3.54. The first-order valence-electron chi connectivity index (χ1n) is 4.81. The SMILES string of the molecule is Cc1cscc1C(=O)N(C)CCC(N)=NO. The van der Waals surface area contributed by atoms with Gasteiger partial charge in [0.1, 0.15) is 5.84 Å². The molecule has 1 aromatic rings. The second kappa shape index (κ2) is 5.50. The molecule has 0 unspecified atom stereocenters. The zero-order valence-corrected chi connectivity index (χ0v) is 10.1. The largest absolute Gasteiger partial charge is 0.409 e. The van der Waals surface area contributed by atoms with E-state index < -0.39 is 0 Å². The van der Waals surface area contributed by atoms with Crippen LogP contribution in [0, 0.1) is 6.92 Å². The van der Waals surface area contributed by atoms with Crippen molar-refractivity contribution in [1.29, 1.82) is 0 Å². The van der Waals surface area contributed by atoms with Gasteiger partial charge in [0.15, 0.2) is 0 Å². The van der Waals surface area contributed by atoms with E-state index in [2.05, 4.69) is 5.16 Å². The number of carbonyl (C=O) groups is 1. The van der Waals surface area contributed by atoms with Gasteiger partial charge < -0.3 is 15.8 Å². The van der Waals surface area contributed by atoms with Gasteiger partial charge in [0.05, 0.1) is 5.56 Å². The topological polar surface area (TPSA) is 78.9 Å². The van der Waals surface area contributed by atoms with Crippen molar-refractivity contribution in [2.75, 3.05) is 13.6 Å². The quantitative estimate of drug-likeness (QED) is 0.360. The highest BCUT2D eigenvalue weighted by molar-refractivity contribution is 7.08. The Morgan fingerprint density at radius 1 is 1.62 bits per heavy atom. The standard InChI is InChI=1S/C10H15N3O2S/c1-7-5-16-6-8(7)10(14)13(2)4-3-9(11)12-15/h5-6,15H,3-4H2,1-2H3,(H2,11,12). The fourth-order valence-electron chi connectivity index (χ4n) is 1.22. The monoisotopic (exact) mass is 241 g/mol. The maximum absolute atomic E-state index is 11.9. The number of carbonyl (C=O) groups excluding carboxylic acids is 1. The van der Waals surface area contributed by atoms with Gasteiger partial charge in [0, 0.05) is 25.4 Å². The van der Waals surface area contributed by atoms with E-state index in [1.807, 2.05) is 17.7 Å². The lowest BCUT2D eigenvalue weighted by Crippen LogP contribution is -2.30. The average Bonchev–Trinajstić information content (AvgIpc) is 2.70. The molecule has 0 aliphatic heterocycles. The van der Waals surface area contributed by atoms with E-state index >= 15 is 0 Å². The van der Waals surface area contributed by atoms with Gasteiger partial charge in [-0.15, -0.1) is 0 Å². The minimum atomic E-state index is -0.0375. The Kier molecular flexibility index (Phi) is 4.30. The fraction of sp³-hybridized carbons (Fsp3) is 0.400. The summed E-state index contributed by atoms with van der Waals surface area (Å²) in [5.41, 5.74) is 7.03. The summed E-state index contributed by atoms with van der Waals surface area (Å²) < 4.78 is 0. The third-order valence-corrected chi connectivity index (χ3v) is 3.13. The minimum Gasteiger partial charge on any atom is -0.409 e. The molecule has 0 aromatic carbocycles. The van der Waals surface area contributed by atoms with Crippen LogP contribution >= 0.6 is 11.3 Å². The van der Waals surface area contributed by atoms with Crippen LogP contribution in [-0.4, -0.2) is 35.4 Å². The lowest BCUT2D eigenvalue weighted by molar-refractivity contribution is 0.0798. The van der Waals surface area contributed by atoms with E-state index in [1.165, 1.54) is 11.3 Å². The number of nitrogens with zero attached hydrogens (tertiary/aromatic N) is 2. The molecule has 3 N–H and O–H groups in total. The Hall–Kier alpha value is -1.56. The summed E-state index contributed by atoms with van der Waals surface area (Å²) in [6, 6.07) is 0. The maximum Gasteiger partial charge on any atom is 0.254 e. The molecule has 1 rings (SSSR count). The lowest BCUT2D eigenvalue weighted by Gasteiger charge is -2.16. The molecule has 0 saturated carbocycles. The smallest absolute Gasteiger partial charge is 0.254 e. The van der Waals surface area contributed by atoms with Crippen molar-refractivity contribution in [2.45, 2.75) is 13.3 Å². The predicted molar refractivity (Wildman–Crippen MR) is 64.0 cm³/mol. The van der Waals surface area contributed by atoms with Crippen molar-refractivity contribution in [2.24, 2.45) is 10.9 Å². The zero-order valence-electron chi connectivity index (χ0n) is 9.30. The summed E-state index contributed by atoms with van der Waals surface area (Å²) >= 11 is 1.50. The molecule has 0 atom stereocenters. The van der Waals surface area contributed by atoms with Gasteiger partial charge in [-0.2, -0.15) is 11.3 Å². The Balaban J connectivity index is 2.58. The van der Waals surface area contributed by atoms with Crippen LogP contribution in [0.3, 0.4) is 0 Å². The number of nitrogens with two attached hydrogens (primary N) is 1. The fourth-order valence-corrected chi connectivity index (χ4v) is 2.04. The van der Waals surface area contributed by atoms with Crippen LogP contribution in [0.25, 0.3) is 0 Å². The van der Waals surface area contributed by atoms with Crippen LogP contribution in [0.5, 0.6) is 0 Å². The lowest BCUT2D eigenvalue weighted by atomic mass is 10.2. The average molecular weight is 241 g/mol. The molecule has 1 amide bonds. The maximum atomic E-state index is 11.9. The van der Waals surface area contributed by atoms with Crippen LogP contribution in [-0.2, 0) is 0 Å². The van der Waals surface area contributed by atoms with Crippen molar-refractivity contribution in [3.63, 3.8) is 0 Å². The summed E-state index contributed by atoms with van der Waals surface area (Å²) in [5.74, 6) is 0.0891. The molecule has 0 bridgehead atoms. The van der Waals surface area contributed by atoms with Gasteiger partial charge in [-0.1, -0.05) is 5.16 Å². The number of hydrogen-bond acceptors (Lipinski definition) is 4. The molecule has 0 spiro atoms. The number of hydrogen-bond donors (Lipinski definition) is 2. The van der Waals surface area contributed by atoms with E-state index in [9.17, 15) is 4.79 Å². The third-order valence-electron chi connectivity index (χ3n) is 2.26. The van der Waals surface area contributed by atoms with Gasteiger partial charge in [0.25, 0.3) is 5.91 Å².